The van der Waals surface area contributed by atoms with Crippen LogP contribution in [0, 0.1) is 13.8 Å². The Labute approximate surface area is 298 Å². The van der Waals surface area contributed by atoms with Gasteiger partial charge in [0.25, 0.3) is 0 Å². The molecule has 0 atom stereocenters. The topological polar surface area (TPSA) is 0 Å². The SMILES string of the molecule is CCCCCC.C[Si].Cc1cc2c(-c3ccccc3)cccc2[cH-]1.Cc1cc2c(C(C)C)cc(C(C)C)cc2[cH-]1.[Cl-].[Cl-].[Zr+4]. The van der Waals surface area contributed by atoms with Crippen molar-refractivity contribution in [2.24, 2.45) is 0 Å². The zero-order valence-corrected chi connectivity index (χ0v) is 32.8. The molecule has 0 aliphatic carbocycles. The fraction of sp³-hybridized carbons (Fsp3) is 0.385. The molecule has 0 bridgehead atoms. The third-order valence-electron chi connectivity index (χ3n) is 7.25. The molecular formula is C39H51Cl2SiZr. The molecule has 0 aromatic heterocycles. The molecular weight excluding hydrogens is 659 g/mol. The molecule has 43 heavy (non-hydrogen) atoms. The summed E-state index contributed by atoms with van der Waals surface area (Å²) in [7, 11) is 2.97. The van der Waals surface area contributed by atoms with Gasteiger partial charge >= 0.3 is 26.2 Å². The molecule has 0 saturated carbocycles. The Bertz CT molecular complexity index is 1410. The summed E-state index contributed by atoms with van der Waals surface area (Å²) >= 11 is 0. The van der Waals surface area contributed by atoms with Crippen LogP contribution in [0.4, 0.5) is 0 Å². The van der Waals surface area contributed by atoms with Gasteiger partial charge in [0.2, 0.25) is 0 Å². The van der Waals surface area contributed by atoms with E-state index >= 15 is 0 Å². The molecule has 0 amide bonds. The summed E-state index contributed by atoms with van der Waals surface area (Å²) in [6, 6.07) is 30.9. The van der Waals surface area contributed by atoms with Gasteiger partial charge < -0.3 is 24.8 Å². The number of hydrogen-bond acceptors (Lipinski definition) is 0. The minimum atomic E-state index is 0. The van der Waals surface area contributed by atoms with Crippen molar-refractivity contribution in [2.45, 2.75) is 99.5 Å². The Morgan fingerprint density at radius 3 is 1.67 bits per heavy atom. The first-order valence-corrected chi connectivity index (χ1v) is 16.2. The van der Waals surface area contributed by atoms with E-state index in [1.807, 2.05) is 0 Å². The van der Waals surface area contributed by atoms with Crippen LogP contribution in [0.3, 0.4) is 0 Å². The second-order valence-corrected chi connectivity index (χ2v) is 11.4. The minimum absolute atomic E-state index is 0. The minimum Gasteiger partial charge on any atom is -1.00 e. The van der Waals surface area contributed by atoms with Crippen LogP contribution < -0.4 is 24.8 Å². The molecule has 5 aromatic rings. The Kier molecular flexibility index (Phi) is 23.3. The molecule has 5 aromatic carbocycles. The molecule has 0 N–H and O–H groups in total. The normalized spacial score (nSPS) is 9.86. The van der Waals surface area contributed by atoms with E-state index in [4.69, 9.17) is 0 Å². The first kappa shape index (κ1) is 43.7. The number of rotatable bonds is 6. The molecule has 0 aliphatic rings. The van der Waals surface area contributed by atoms with Crippen LogP contribution in [0.1, 0.15) is 101 Å². The molecule has 3 radical (unpaired) electrons. The van der Waals surface area contributed by atoms with Crippen molar-refractivity contribution in [1.29, 1.82) is 0 Å². The largest absolute Gasteiger partial charge is 4.00 e. The van der Waals surface area contributed by atoms with Crippen molar-refractivity contribution in [3.63, 3.8) is 0 Å². The average molecular weight is 710 g/mol. The van der Waals surface area contributed by atoms with E-state index in [0.29, 0.717) is 11.8 Å². The van der Waals surface area contributed by atoms with Crippen molar-refractivity contribution >= 4 is 31.8 Å². The smallest absolute Gasteiger partial charge is 1.00 e. The van der Waals surface area contributed by atoms with Crippen molar-refractivity contribution < 1.29 is 51.0 Å². The van der Waals surface area contributed by atoms with Gasteiger partial charge in [0.05, 0.1) is 0 Å². The number of hydrogen-bond donors (Lipinski definition) is 0. The second kappa shape index (κ2) is 23.0. The second-order valence-electron chi connectivity index (χ2n) is 11.4. The summed E-state index contributed by atoms with van der Waals surface area (Å²) in [4.78, 5) is 0. The first-order valence-electron chi connectivity index (χ1n) is 15.2. The van der Waals surface area contributed by atoms with Crippen molar-refractivity contribution in [3.8, 4) is 11.1 Å². The predicted molar refractivity (Wildman–Crippen MR) is 184 cm³/mol. The first-order chi connectivity index (χ1) is 19.2. The third kappa shape index (κ3) is 13.2. The summed E-state index contributed by atoms with van der Waals surface area (Å²) in [6.45, 7) is 19.7. The quantitative estimate of drug-likeness (QED) is 0.108. The maximum absolute atomic E-state index is 2.97. The molecule has 0 saturated heterocycles. The van der Waals surface area contributed by atoms with E-state index in [0.717, 1.165) is 0 Å². The summed E-state index contributed by atoms with van der Waals surface area (Å²) in [5.41, 5.74) is 8.28. The molecule has 0 fully saturated rings. The van der Waals surface area contributed by atoms with Crippen LogP contribution in [0.25, 0.3) is 32.7 Å². The van der Waals surface area contributed by atoms with E-state index < -0.39 is 0 Å². The zero-order chi connectivity index (χ0) is 29.7. The van der Waals surface area contributed by atoms with Crippen LogP contribution in [0.5, 0.6) is 0 Å². The molecule has 0 heterocycles. The number of aryl methyl sites for hydroxylation is 2. The van der Waals surface area contributed by atoms with Gasteiger partial charge in [-0.25, -0.2) is 0 Å². The van der Waals surface area contributed by atoms with E-state index in [2.05, 4.69) is 151 Å². The van der Waals surface area contributed by atoms with Crippen molar-refractivity contribution in [2.75, 3.05) is 0 Å². The molecule has 0 unspecified atom stereocenters. The van der Waals surface area contributed by atoms with E-state index in [1.165, 1.54) is 80.6 Å². The van der Waals surface area contributed by atoms with Crippen LogP contribution in [0.15, 0.2) is 84.9 Å². The maximum Gasteiger partial charge on any atom is 4.00 e. The van der Waals surface area contributed by atoms with Gasteiger partial charge in [-0.3, -0.25) is 0 Å². The average Bonchev–Trinajstić information content (AvgIpc) is 3.53. The van der Waals surface area contributed by atoms with Crippen LogP contribution >= 0.6 is 0 Å². The molecule has 229 valence electrons. The maximum atomic E-state index is 2.97. The number of fused-ring (bicyclic) bond motifs is 2. The fourth-order valence-electron chi connectivity index (χ4n) is 5.09. The molecule has 4 heteroatoms. The Morgan fingerprint density at radius 2 is 1.16 bits per heavy atom. The van der Waals surface area contributed by atoms with E-state index in [1.54, 1.807) is 6.55 Å². The zero-order valence-electron chi connectivity index (χ0n) is 27.8. The molecule has 0 spiro atoms. The fourth-order valence-corrected chi connectivity index (χ4v) is 5.09. The van der Waals surface area contributed by atoms with Gasteiger partial charge in [-0.2, -0.15) is 12.1 Å². The van der Waals surface area contributed by atoms with Gasteiger partial charge in [-0.05, 0) is 17.4 Å². The van der Waals surface area contributed by atoms with E-state index in [9.17, 15) is 0 Å². The molecule has 5 rings (SSSR count). The predicted octanol–water partition coefficient (Wildman–Crippen LogP) is 6.44. The van der Waals surface area contributed by atoms with Crippen molar-refractivity contribution in [1.82, 2.24) is 0 Å². The summed E-state index contributed by atoms with van der Waals surface area (Å²) in [5, 5.41) is 5.54. The number of halogens is 2. The van der Waals surface area contributed by atoms with Crippen LogP contribution in [-0.2, 0) is 26.2 Å². The Hall–Kier alpha value is -1.44. The summed E-state index contributed by atoms with van der Waals surface area (Å²) in [6.07, 6.45) is 5.54. The Morgan fingerprint density at radius 1 is 0.628 bits per heavy atom. The summed E-state index contributed by atoms with van der Waals surface area (Å²) in [5.74, 6) is 1.21. The van der Waals surface area contributed by atoms with E-state index in [-0.39, 0.29) is 51.0 Å². The van der Waals surface area contributed by atoms with Crippen LogP contribution in [0.2, 0.25) is 6.55 Å². The monoisotopic (exact) mass is 707 g/mol. The van der Waals surface area contributed by atoms with Crippen molar-refractivity contribution in [3.05, 3.63) is 107 Å². The van der Waals surface area contributed by atoms with Gasteiger partial charge in [0.15, 0.2) is 0 Å². The Balaban J connectivity index is 0. The number of unbranched alkanes of at least 4 members (excludes halogenated alkanes) is 3. The number of benzene rings is 3. The van der Waals surface area contributed by atoms with Gasteiger partial charge in [-0.15, -0.1) is 63.0 Å². The van der Waals surface area contributed by atoms with Gasteiger partial charge in [-0.1, -0.05) is 147 Å². The van der Waals surface area contributed by atoms with Gasteiger partial charge in [0.1, 0.15) is 0 Å². The van der Waals surface area contributed by atoms with Crippen LogP contribution in [-0.4, -0.2) is 10.2 Å². The summed E-state index contributed by atoms with van der Waals surface area (Å²) < 4.78 is 0. The third-order valence-corrected chi connectivity index (χ3v) is 7.25. The standard InChI is InChI=1S/C16H13.C16H21.C6H14.CH3Si.2ClH.Zr/c1-12-10-14-8-5-9-15(16(14)11-12)13-6-3-2-4-7-13;1-10(2)13-8-14-6-12(5)7-16(14)15(9-13)11(3)4;1-3-5-6-4-2;1-2;;;/h2-11H,1H3;6-11H,1-5H3;3-6H2,1-2H3;1H3;2*1H;/q2*-1;;;;;+4/p-2. The molecule has 0 aliphatic heterocycles. The van der Waals surface area contributed by atoms with Gasteiger partial charge in [0, 0.05) is 10.2 Å². The molecule has 0 nitrogen and oxygen atoms in total.